The summed E-state index contributed by atoms with van der Waals surface area (Å²) in [5.41, 5.74) is 7.50. The predicted octanol–water partition coefficient (Wildman–Crippen LogP) is 2.48. The molecule has 0 saturated carbocycles. The van der Waals surface area contributed by atoms with Gasteiger partial charge in [0.15, 0.2) is 0 Å². The van der Waals surface area contributed by atoms with Crippen LogP contribution < -0.4 is 5.73 Å². The Labute approximate surface area is 155 Å². The lowest BCUT2D eigenvalue weighted by atomic mass is 10.1. The normalized spacial score (nSPS) is 11.0. The average Bonchev–Trinajstić information content (AvgIpc) is 2.59. The highest BCUT2D eigenvalue weighted by molar-refractivity contribution is 7.89. The number of halogens is 1. The second-order valence-corrected chi connectivity index (χ2v) is 7.39. The van der Waals surface area contributed by atoms with Crippen molar-refractivity contribution in [2.45, 2.75) is 18.2 Å². The SMILES string of the molecule is Cc1cccc(S(=O)(=O)N(CCN)CCc2ccccc2)c1C#N.Cl. The Morgan fingerprint density at radius 1 is 1.08 bits per heavy atom. The van der Waals surface area contributed by atoms with Gasteiger partial charge in [0.05, 0.1) is 5.56 Å². The molecule has 0 aliphatic rings. The highest BCUT2D eigenvalue weighted by Gasteiger charge is 2.27. The summed E-state index contributed by atoms with van der Waals surface area (Å²) in [5.74, 6) is 0. The molecule has 2 rings (SSSR count). The number of hydrogen-bond acceptors (Lipinski definition) is 4. The molecule has 0 aromatic heterocycles. The lowest BCUT2D eigenvalue weighted by Gasteiger charge is -2.22. The van der Waals surface area contributed by atoms with Gasteiger partial charge in [-0.25, -0.2) is 8.42 Å². The summed E-state index contributed by atoms with van der Waals surface area (Å²) < 4.78 is 27.3. The minimum Gasteiger partial charge on any atom is -0.329 e. The molecule has 5 nitrogen and oxygen atoms in total. The van der Waals surface area contributed by atoms with Crippen molar-refractivity contribution in [1.29, 1.82) is 5.26 Å². The number of hydrogen-bond donors (Lipinski definition) is 1. The Bertz CT molecular complexity index is 833. The summed E-state index contributed by atoms with van der Waals surface area (Å²) in [6.45, 7) is 2.49. The number of benzene rings is 2. The van der Waals surface area contributed by atoms with Gasteiger partial charge < -0.3 is 5.73 Å². The molecule has 2 N–H and O–H groups in total. The van der Waals surface area contributed by atoms with Crippen LogP contribution in [-0.4, -0.2) is 32.4 Å². The molecule has 7 heteroatoms. The quantitative estimate of drug-likeness (QED) is 0.800. The molecule has 0 bridgehead atoms. The summed E-state index contributed by atoms with van der Waals surface area (Å²) in [6, 6.07) is 16.5. The lowest BCUT2D eigenvalue weighted by Crippen LogP contribution is -2.37. The first kappa shape index (κ1) is 21.1. The van der Waals surface area contributed by atoms with Crippen LogP contribution in [0.25, 0.3) is 0 Å². The van der Waals surface area contributed by atoms with E-state index < -0.39 is 10.0 Å². The van der Waals surface area contributed by atoms with Crippen molar-refractivity contribution >= 4 is 22.4 Å². The van der Waals surface area contributed by atoms with Crippen molar-refractivity contribution in [3.8, 4) is 6.07 Å². The Morgan fingerprint density at radius 2 is 1.76 bits per heavy atom. The van der Waals surface area contributed by atoms with Crippen molar-refractivity contribution in [2.24, 2.45) is 5.73 Å². The van der Waals surface area contributed by atoms with Crippen LogP contribution in [-0.2, 0) is 16.4 Å². The van der Waals surface area contributed by atoms with Gasteiger partial charge in [0, 0.05) is 19.6 Å². The fourth-order valence-corrected chi connectivity index (χ4v) is 4.20. The third-order valence-corrected chi connectivity index (χ3v) is 5.78. The maximum atomic E-state index is 13.0. The molecule has 0 saturated heterocycles. The van der Waals surface area contributed by atoms with Crippen LogP contribution in [0.15, 0.2) is 53.4 Å². The Balaban J connectivity index is 0.00000312. The molecule has 134 valence electrons. The van der Waals surface area contributed by atoms with E-state index in [1.165, 1.54) is 10.4 Å². The third kappa shape index (κ3) is 5.03. The van der Waals surface area contributed by atoms with Crippen LogP contribution in [0.3, 0.4) is 0 Å². The fraction of sp³-hybridized carbons (Fsp3) is 0.278. The first-order valence-corrected chi connectivity index (χ1v) is 9.18. The van der Waals surface area contributed by atoms with Gasteiger partial charge in [-0.15, -0.1) is 12.4 Å². The van der Waals surface area contributed by atoms with E-state index in [-0.39, 0.29) is 36.0 Å². The molecule has 2 aromatic carbocycles. The first-order chi connectivity index (χ1) is 11.5. The minimum absolute atomic E-state index is 0. The highest BCUT2D eigenvalue weighted by atomic mass is 35.5. The average molecular weight is 380 g/mol. The van der Waals surface area contributed by atoms with Crippen LogP contribution in [0.1, 0.15) is 16.7 Å². The number of sulfonamides is 1. The zero-order chi connectivity index (χ0) is 17.6. The summed E-state index contributed by atoms with van der Waals surface area (Å²) in [6.07, 6.45) is 0.591. The molecule has 25 heavy (non-hydrogen) atoms. The van der Waals surface area contributed by atoms with Crippen molar-refractivity contribution in [3.05, 3.63) is 65.2 Å². The van der Waals surface area contributed by atoms with E-state index in [1.807, 2.05) is 36.4 Å². The third-order valence-electron chi connectivity index (χ3n) is 3.84. The summed E-state index contributed by atoms with van der Waals surface area (Å²) in [4.78, 5) is 0.0477. The zero-order valence-corrected chi connectivity index (χ0v) is 15.7. The maximum absolute atomic E-state index is 13.0. The topological polar surface area (TPSA) is 87.2 Å². The highest BCUT2D eigenvalue weighted by Crippen LogP contribution is 2.22. The molecule has 0 atom stereocenters. The molecule has 0 fully saturated rings. The van der Waals surface area contributed by atoms with Gasteiger partial charge in [-0.2, -0.15) is 9.57 Å². The fourth-order valence-electron chi connectivity index (χ4n) is 2.53. The molecule has 0 amide bonds. The van der Waals surface area contributed by atoms with Gasteiger partial charge in [-0.05, 0) is 30.5 Å². The zero-order valence-electron chi connectivity index (χ0n) is 14.1. The van der Waals surface area contributed by atoms with Gasteiger partial charge in [0.1, 0.15) is 11.0 Å². The van der Waals surface area contributed by atoms with Crippen LogP contribution in [0.2, 0.25) is 0 Å². The molecule has 0 spiro atoms. The van der Waals surface area contributed by atoms with Crippen molar-refractivity contribution in [3.63, 3.8) is 0 Å². The van der Waals surface area contributed by atoms with E-state index in [4.69, 9.17) is 5.73 Å². The van der Waals surface area contributed by atoms with Crippen LogP contribution >= 0.6 is 12.4 Å². The molecule has 0 unspecified atom stereocenters. The van der Waals surface area contributed by atoms with Gasteiger partial charge in [-0.3, -0.25) is 0 Å². The van der Waals surface area contributed by atoms with Gasteiger partial charge >= 0.3 is 0 Å². The molecular formula is C18H22ClN3O2S. The van der Waals surface area contributed by atoms with Gasteiger partial charge in [0.2, 0.25) is 10.0 Å². The summed E-state index contributed by atoms with van der Waals surface area (Å²) in [5, 5.41) is 9.32. The van der Waals surface area contributed by atoms with Gasteiger partial charge in [-0.1, -0.05) is 42.5 Å². The Kier molecular flexibility index (Phi) is 8.07. The molecule has 0 heterocycles. The Hall–Kier alpha value is -1.91. The summed E-state index contributed by atoms with van der Waals surface area (Å²) >= 11 is 0. The van der Waals surface area contributed by atoms with Crippen molar-refractivity contribution in [1.82, 2.24) is 4.31 Å². The van der Waals surface area contributed by atoms with Crippen molar-refractivity contribution < 1.29 is 8.42 Å². The molecule has 0 aliphatic carbocycles. The van der Waals surface area contributed by atoms with E-state index in [0.29, 0.717) is 18.5 Å². The second-order valence-electron chi connectivity index (χ2n) is 5.49. The first-order valence-electron chi connectivity index (χ1n) is 7.74. The van der Waals surface area contributed by atoms with E-state index in [9.17, 15) is 13.7 Å². The van der Waals surface area contributed by atoms with Crippen LogP contribution in [0.4, 0.5) is 0 Å². The predicted molar refractivity (Wildman–Crippen MR) is 101 cm³/mol. The van der Waals surface area contributed by atoms with Gasteiger partial charge in [0.25, 0.3) is 0 Å². The van der Waals surface area contributed by atoms with Crippen LogP contribution in [0, 0.1) is 18.3 Å². The van der Waals surface area contributed by atoms with E-state index in [2.05, 4.69) is 0 Å². The largest absolute Gasteiger partial charge is 0.329 e. The number of nitriles is 1. The molecule has 0 radical (unpaired) electrons. The van der Waals surface area contributed by atoms with Crippen molar-refractivity contribution in [2.75, 3.05) is 19.6 Å². The maximum Gasteiger partial charge on any atom is 0.244 e. The molecule has 0 aliphatic heterocycles. The number of rotatable bonds is 7. The summed E-state index contributed by atoms with van der Waals surface area (Å²) in [7, 11) is -3.77. The van der Waals surface area contributed by atoms with Crippen LogP contribution in [0.5, 0.6) is 0 Å². The van der Waals surface area contributed by atoms with E-state index in [1.54, 1.807) is 19.1 Å². The standard InChI is InChI=1S/C18H21N3O2S.ClH/c1-15-6-5-9-18(17(15)14-20)24(22,23)21(13-11-19)12-10-16-7-3-2-4-8-16;/h2-9H,10-13,19H2,1H3;1H. The second kappa shape index (κ2) is 9.54. The smallest absolute Gasteiger partial charge is 0.244 e. The Morgan fingerprint density at radius 3 is 2.36 bits per heavy atom. The number of nitrogens with two attached hydrogens (primary N) is 1. The monoisotopic (exact) mass is 379 g/mol. The number of aryl methyl sites for hydroxylation is 1. The molecular weight excluding hydrogens is 358 g/mol. The van der Waals surface area contributed by atoms with E-state index >= 15 is 0 Å². The minimum atomic E-state index is -3.77. The molecule has 2 aromatic rings. The van der Waals surface area contributed by atoms with E-state index in [0.717, 1.165) is 5.56 Å². The lowest BCUT2D eigenvalue weighted by molar-refractivity contribution is 0.421. The number of nitrogens with zero attached hydrogens (tertiary/aromatic N) is 2.